The average molecular weight is 349 g/mol. The van der Waals surface area contributed by atoms with Gasteiger partial charge < -0.3 is 10.6 Å². The molecule has 26 heavy (non-hydrogen) atoms. The van der Waals surface area contributed by atoms with Crippen LogP contribution in [-0.4, -0.2) is 16.9 Å². The third-order valence-electron chi connectivity index (χ3n) is 4.91. The summed E-state index contributed by atoms with van der Waals surface area (Å²) in [6, 6.07) is 16.3. The molecule has 1 fully saturated rings. The van der Waals surface area contributed by atoms with Crippen LogP contribution in [0.2, 0.25) is 0 Å². The number of nitrogens with zero attached hydrogens (tertiary/aromatic N) is 1. The molecule has 0 bridgehead atoms. The Morgan fingerprint density at radius 1 is 1.12 bits per heavy atom. The number of carbonyl (C=O) groups is 1. The number of hydrogen-bond acceptors (Lipinski definition) is 3. The van der Waals surface area contributed by atoms with Crippen LogP contribution in [0.1, 0.15) is 30.0 Å². The van der Waals surface area contributed by atoms with Crippen LogP contribution < -0.4 is 10.6 Å². The summed E-state index contributed by atoms with van der Waals surface area (Å²) >= 11 is 0. The summed E-state index contributed by atoms with van der Waals surface area (Å²) in [7, 11) is 0. The number of nitrogens with one attached hydrogen (secondary N) is 2. The molecule has 0 saturated carbocycles. The smallest absolute Gasteiger partial charge is 0.220 e. The molecule has 0 unspecified atom stereocenters. The van der Waals surface area contributed by atoms with Crippen molar-refractivity contribution in [1.29, 1.82) is 0 Å². The number of benzene rings is 2. The number of carbonyl (C=O) groups excluding carboxylic acids is 1. The lowest BCUT2D eigenvalue weighted by Crippen LogP contribution is -2.48. The second-order valence-corrected chi connectivity index (χ2v) is 6.59. The van der Waals surface area contributed by atoms with E-state index in [0.29, 0.717) is 24.9 Å². The van der Waals surface area contributed by atoms with E-state index in [1.165, 1.54) is 6.07 Å². The third-order valence-corrected chi connectivity index (χ3v) is 4.91. The van der Waals surface area contributed by atoms with Crippen LogP contribution in [0.25, 0.3) is 10.9 Å². The van der Waals surface area contributed by atoms with Gasteiger partial charge in [-0.15, -0.1) is 0 Å². The summed E-state index contributed by atoms with van der Waals surface area (Å²) < 4.78 is 14.3. The molecule has 4 rings (SSSR count). The molecule has 1 saturated heterocycles. The quantitative estimate of drug-likeness (QED) is 0.758. The SMILES string of the molecule is O=C1CC[C@@H](NCc2cccc3cccnc23)[C@H](c2ccccc2F)N1. The van der Waals surface area contributed by atoms with Crippen molar-refractivity contribution in [3.05, 3.63) is 77.7 Å². The van der Waals surface area contributed by atoms with Gasteiger partial charge in [-0.2, -0.15) is 0 Å². The van der Waals surface area contributed by atoms with E-state index in [2.05, 4.69) is 15.6 Å². The number of amides is 1. The second-order valence-electron chi connectivity index (χ2n) is 6.59. The molecule has 1 aliphatic rings. The first-order valence-corrected chi connectivity index (χ1v) is 8.82. The molecule has 1 aliphatic heterocycles. The topological polar surface area (TPSA) is 54.0 Å². The Kier molecular flexibility index (Phi) is 4.63. The predicted octanol–water partition coefficient (Wildman–Crippen LogP) is 3.48. The van der Waals surface area contributed by atoms with Crippen LogP contribution in [0.5, 0.6) is 0 Å². The molecule has 2 atom stereocenters. The van der Waals surface area contributed by atoms with Gasteiger partial charge in [0.1, 0.15) is 5.82 Å². The zero-order valence-electron chi connectivity index (χ0n) is 14.3. The van der Waals surface area contributed by atoms with Crippen molar-refractivity contribution in [3.63, 3.8) is 0 Å². The molecule has 1 aromatic heterocycles. The molecule has 2 aromatic carbocycles. The molecule has 0 radical (unpaired) electrons. The largest absolute Gasteiger partial charge is 0.348 e. The molecule has 0 spiro atoms. The van der Waals surface area contributed by atoms with E-state index in [1.807, 2.05) is 30.3 Å². The van der Waals surface area contributed by atoms with E-state index in [1.54, 1.807) is 24.4 Å². The predicted molar refractivity (Wildman–Crippen MR) is 98.9 cm³/mol. The summed E-state index contributed by atoms with van der Waals surface area (Å²) in [5, 5.41) is 7.54. The van der Waals surface area contributed by atoms with E-state index < -0.39 is 0 Å². The third kappa shape index (κ3) is 3.30. The Morgan fingerprint density at radius 2 is 1.96 bits per heavy atom. The van der Waals surface area contributed by atoms with Gasteiger partial charge in [0, 0.05) is 36.2 Å². The fourth-order valence-corrected chi connectivity index (χ4v) is 3.59. The molecule has 2 heterocycles. The fraction of sp³-hybridized carbons (Fsp3) is 0.238. The zero-order chi connectivity index (χ0) is 17.9. The standard InChI is InChI=1S/C21H20FN3O/c22-17-9-2-1-8-16(17)21-18(10-11-19(26)25-21)24-13-15-6-3-5-14-7-4-12-23-20(14)15/h1-9,12,18,21,24H,10-11,13H2,(H,25,26)/t18-,21+/m1/s1. The average Bonchev–Trinajstić information content (AvgIpc) is 2.67. The summed E-state index contributed by atoms with van der Waals surface area (Å²) in [5.41, 5.74) is 2.58. The Morgan fingerprint density at radius 3 is 2.85 bits per heavy atom. The number of piperidine rings is 1. The van der Waals surface area contributed by atoms with Gasteiger partial charge in [0.15, 0.2) is 0 Å². The van der Waals surface area contributed by atoms with Crippen molar-refractivity contribution < 1.29 is 9.18 Å². The van der Waals surface area contributed by atoms with Gasteiger partial charge in [-0.25, -0.2) is 4.39 Å². The fourth-order valence-electron chi connectivity index (χ4n) is 3.59. The first-order chi connectivity index (χ1) is 12.7. The summed E-state index contributed by atoms with van der Waals surface area (Å²) in [6.45, 7) is 0.611. The minimum Gasteiger partial charge on any atom is -0.348 e. The van der Waals surface area contributed by atoms with E-state index >= 15 is 0 Å². The summed E-state index contributed by atoms with van der Waals surface area (Å²) in [5.74, 6) is -0.332. The highest BCUT2D eigenvalue weighted by atomic mass is 19.1. The normalized spacial score (nSPS) is 20.1. The van der Waals surface area contributed by atoms with Crippen molar-refractivity contribution in [3.8, 4) is 0 Å². The van der Waals surface area contributed by atoms with Crippen molar-refractivity contribution >= 4 is 16.8 Å². The minimum absolute atomic E-state index is 0.0384. The minimum atomic E-state index is -0.375. The van der Waals surface area contributed by atoms with E-state index in [9.17, 15) is 9.18 Å². The van der Waals surface area contributed by atoms with Crippen molar-refractivity contribution in [2.75, 3.05) is 0 Å². The molecular weight excluding hydrogens is 329 g/mol. The molecule has 5 heteroatoms. The number of fused-ring (bicyclic) bond motifs is 1. The number of halogens is 1. The first kappa shape index (κ1) is 16.7. The number of hydrogen-bond donors (Lipinski definition) is 2. The van der Waals surface area contributed by atoms with Gasteiger partial charge in [0.2, 0.25) is 5.91 Å². The van der Waals surface area contributed by atoms with Crippen LogP contribution in [-0.2, 0) is 11.3 Å². The maximum absolute atomic E-state index is 14.3. The highest BCUT2D eigenvalue weighted by Gasteiger charge is 2.31. The van der Waals surface area contributed by atoms with Crippen molar-refractivity contribution in [1.82, 2.24) is 15.6 Å². The summed E-state index contributed by atoms with van der Waals surface area (Å²) in [6.07, 6.45) is 2.90. The lowest BCUT2D eigenvalue weighted by atomic mass is 9.91. The van der Waals surface area contributed by atoms with Gasteiger partial charge in [0.25, 0.3) is 0 Å². The van der Waals surface area contributed by atoms with Crippen molar-refractivity contribution in [2.45, 2.75) is 31.5 Å². The zero-order valence-corrected chi connectivity index (χ0v) is 14.3. The van der Waals surface area contributed by atoms with Crippen LogP contribution in [0.15, 0.2) is 60.8 Å². The van der Waals surface area contributed by atoms with E-state index in [0.717, 1.165) is 16.5 Å². The molecule has 1 amide bonds. The maximum Gasteiger partial charge on any atom is 0.220 e. The van der Waals surface area contributed by atoms with Crippen LogP contribution >= 0.6 is 0 Å². The molecule has 4 nitrogen and oxygen atoms in total. The maximum atomic E-state index is 14.3. The van der Waals surface area contributed by atoms with Crippen LogP contribution in [0.3, 0.4) is 0 Å². The summed E-state index contributed by atoms with van der Waals surface area (Å²) in [4.78, 5) is 16.4. The Bertz CT molecular complexity index is 938. The Balaban J connectivity index is 1.57. The van der Waals surface area contributed by atoms with Gasteiger partial charge in [0.05, 0.1) is 11.6 Å². The van der Waals surface area contributed by atoms with E-state index in [-0.39, 0.29) is 23.8 Å². The number of rotatable bonds is 4. The number of pyridine rings is 1. The monoisotopic (exact) mass is 349 g/mol. The number of aromatic nitrogens is 1. The van der Waals surface area contributed by atoms with Gasteiger partial charge in [-0.05, 0) is 24.1 Å². The van der Waals surface area contributed by atoms with Crippen molar-refractivity contribution in [2.24, 2.45) is 0 Å². The van der Waals surface area contributed by atoms with Gasteiger partial charge in [-0.1, -0.05) is 42.5 Å². The highest BCUT2D eigenvalue weighted by Crippen LogP contribution is 2.27. The molecule has 132 valence electrons. The lowest BCUT2D eigenvalue weighted by molar-refractivity contribution is -0.123. The van der Waals surface area contributed by atoms with Crippen LogP contribution in [0.4, 0.5) is 4.39 Å². The Hall–Kier alpha value is -2.79. The van der Waals surface area contributed by atoms with Gasteiger partial charge in [-0.3, -0.25) is 9.78 Å². The molecule has 3 aromatic rings. The number of para-hydroxylation sites is 1. The van der Waals surface area contributed by atoms with E-state index in [4.69, 9.17) is 0 Å². The molecule has 2 N–H and O–H groups in total. The highest BCUT2D eigenvalue weighted by molar-refractivity contribution is 5.81. The molecule has 0 aliphatic carbocycles. The lowest BCUT2D eigenvalue weighted by Gasteiger charge is -2.33. The first-order valence-electron chi connectivity index (χ1n) is 8.82. The second kappa shape index (κ2) is 7.22. The molecular formula is C21H20FN3O. The Labute approximate surface area is 151 Å². The van der Waals surface area contributed by atoms with Gasteiger partial charge >= 0.3 is 0 Å². The van der Waals surface area contributed by atoms with Crippen LogP contribution in [0, 0.1) is 5.82 Å².